The molecule has 144 valence electrons. The monoisotopic (exact) mass is 398 g/mol. The summed E-state index contributed by atoms with van der Waals surface area (Å²) in [5.74, 6) is -0.220. The molecule has 0 aliphatic carbocycles. The van der Waals surface area contributed by atoms with Crippen molar-refractivity contribution >= 4 is 23.2 Å². The number of hydrogen-bond acceptors (Lipinski definition) is 4. The van der Waals surface area contributed by atoms with Gasteiger partial charge in [0, 0.05) is 11.3 Å². The minimum Gasteiger partial charge on any atom is -0.497 e. The van der Waals surface area contributed by atoms with Gasteiger partial charge in [-0.05, 0) is 53.9 Å². The largest absolute Gasteiger partial charge is 0.497 e. The molecule has 0 atom stereocenters. The Morgan fingerprint density at radius 2 is 1.68 bits per heavy atom. The number of ether oxygens (including phenoxy) is 1. The number of methoxy groups -OCH3 is 1. The molecule has 0 aliphatic heterocycles. The molecule has 0 saturated carbocycles. The first-order valence-electron chi connectivity index (χ1n) is 8.63. The topological polar surface area (TPSA) is 67.4 Å². The number of halogens is 1. The molecule has 0 aliphatic rings. The lowest BCUT2D eigenvalue weighted by Gasteiger charge is -2.07. The second kappa shape index (κ2) is 9.14. The van der Waals surface area contributed by atoms with Crippen molar-refractivity contribution < 1.29 is 18.7 Å². The number of benzene rings is 2. The highest BCUT2D eigenvalue weighted by molar-refractivity contribution is 7.17. The van der Waals surface area contributed by atoms with Crippen molar-refractivity contribution in [1.29, 1.82) is 0 Å². The van der Waals surface area contributed by atoms with Gasteiger partial charge < -0.3 is 4.74 Å². The summed E-state index contributed by atoms with van der Waals surface area (Å²) in [5, 5.41) is 0. The summed E-state index contributed by atoms with van der Waals surface area (Å²) in [5.41, 5.74) is 6.68. The molecular formula is C21H19FN2O3S. The molecule has 7 heteroatoms. The average molecular weight is 398 g/mol. The van der Waals surface area contributed by atoms with Crippen LogP contribution in [0.3, 0.4) is 0 Å². The number of hydrogen-bond donors (Lipinski definition) is 2. The molecule has 0 fully saturated rings. The van der Waals surface area contributed by atoms with Crippen molar-refractivity contribution in [2.75, 3.05) is 7.11 Å². The lowest BCUT2D eigenvalue weighted by molar-refractivity contribution is -0.121. The highest BCUT2D eigenvalue weighted by Crippen LogP contribution is 2.28. The smallest absolute Gasteiger partial charge is 0.279 e. The van der Waals surface area contributed by atoms with Crippen LogP contribution < -0.4 is 15.6 Å². The summed E-state index contributed by atoms with van der Waals surface area (Å²) in [6.07, 6.45) is 0.803. The van der Waals surface area contributed by atoms with Gasteiger partial charge in [-0.3, -0.25) is 20.4 Å². The predicted molar refractivity (Wildman–Crippen MR) is 107 cm³/mol. The summed E-state index contributed by atoms with van der Waals surface area (Å²) in [6, 6.07) is 17.0. The Morgan fingerprint density at radius 3 is 2.36 bits per heavy atom. The number of carbonyl (C=O) groups is 2. The van der Waals surface area contributed by atoms with Crippen LogP contribution in [-0.2, 0) is 11.2 Å². The summed E-state index contributed by atoms with van der Waals surface area (Å²) < 4.78 is 18.1. The zero-order valence-corrected chi connectivity index (χ0v) is 16.0. The van der Waals surface area contributed by atoms with Gasteiger partial charge >= 0.3 is 0 Å². The third-order valence-electron chi connectivity index (χ3n) is 4.07. The highest BCUT2D eigenvalue weighted by Gasteiger charge is 2.11. The Labute approximate surface area is 166 Å². The molecule has 3 rings (SSSR count). The quantitative estimate of drug-likeness (QED) is 0.618. The third kappa shape index (κ3) is 5.17. The molecule has 1 heterocycles. The van der Waals surface area contributed by atoms with Gasteiger partial charge in [0.05, 0.1) is 12.0 Å². The summed E-state index contributed by atoms with van der Waals surface area (Å²) in [7, 11) is 1.60. The van der Waals surface area contributed by atoms with E-state index in [-0.39, 0.29) is 18.1 Å². The molecule has 2 N–H and O–H groups in total. The molecule has 3 aromatic rings. The van der Waals surface area contributed by atoms with Gasteiger partial charge in [0.25, 0.3) is 5.91 Å². The molecule has 0 bridgehead atoms. The van der Waals surface area contributed by atoms with Crippen LogP contribution in [0, 0.1) is 5.82 Å². The van der Waals surface area contributed by atoms with Crippen molar-refractivity contribution in [3.8, 4) is 16.2 Å². The Kier molecular flexibility index (Phi) is 6.39. The van der Waals surface area contributed by atoms with E-state index in [2.05, 4.69) is 10.9 Å². The second-order valence-electron chi connectivity index (χ2n) is 6.02. The van der Waals surface area contributed by atoms with Crippen LogP contribution >= 0.6 is 11.3 Å². The first-order chi connectivity index (χ1) is 13.5. The van der Waals surface area contributed by atoms with E-state index in [4.69, 9.17) is 4.74 Å². The predicted octanol–water partition coefficient (Wildman–Crippen LogP) is 3.96. The number of thiophene rings is 1. The lowest BCUT2D eigenvalue weighted by atomic mass is 10.1. The number of amides is 2. The second-order valence-corrected chi connectivity index (χ2v) is 7.10. The first-order valence-corrected chi connectivity index (χ1v) is 9.44. The zero-order valence-electron chi connectivity index (χ0n) is 15.2. The standard InChI is InChI=1S/C21H19FN2O3S/c1-27-17-9-2-14(3-10-17)4-13-20(25)23-24-21(26)19-12-11-18(28-19)15-5-7-16(22)8-6-15/h2-3,5-12H,4,13H2,1H3,(H,23,25)(H,24,26). The Bertz CT molecular complexity index is 953. The number of nitrogens with one attached hydrogen (secondary N) is 2. The number of hydrazine groups is 1. The molecule has 0 saturated heterocycles. The Morgan fingerprint density at radius 1 is 0.964 bits per heavy atom. The first kappa shape index (κ1) is 19.6. The van der Waals surface area contributed by atoms with Crippen LogP contribution in [0.1, 0.15) is 21.7 Å². The van der Waals surface area contributed by atoms with E-state index in [1.54, 1.807) is 31.4 Å². The lowest BCUT2D eigenvalue weighted by Crippen LogP contribution is -2.41. The summed E-state index contributed by atoms with van der Waals surface area (Å²) in [6.45, 7) is 0. The van der Waals surface area contributed by atoms with E-state index in [0.717, 1.165) is 21.8 Å². The van der Waals surface area contributed by atoms with Crippen LogP contribution in [-0.4, -0.2) is 18.9 Å². The number of carbonyl (C=O) groups excluding carboxylic acids is 2. The van der Waals surface area contributed by atoms with Gasteiger partial charge in [-0.15, -0.1) is 11.3 Å². The van der Waals surface area contributed by atoms with E-state index in [1.807, 2.05) is 24.3 Å². The molecule has 0 radical (unpaired) electrons. The Hall–Kier alpha value is -3.19. The van der Waals surface area contributed by atoms with Crippen molar-refractivity contribution in [2.24, 2.45) is 0 Å². The minimum atomic E-state index is -0.392. The van der Waals surface area contributed by atoms with Gasteiger partial charge in [0.2, 0.25) is 5.91 Å². The average Bonchev–Trinajstić information content (AvgIpc) is 3.21. The van der Waals surface area contributed by atoms with Gasteiger partial charge in [-0.2, -0.15) is 0 Å². The van der Waals surface area contributed by atoms with E-state index < -0.39 is 5.91 Å². The number of aryl methyl sites for hydroxylation is 1. The van der Waals surface area contributed by atoms with Gasteiger partial charge in [0.1, 0.15) is 11.6 Å². The van der Waals surface area contributed by atoms with E-state index >= 15 is 0 Å². The molecule has 1 aromatic heterocycles. The maximum atomic E-state index is 13.0. The summed E-state index contributed by atoms with van der Waals surface area (Å²) in [4.78, 5) is 25.5. The molecule has 5 nitrogen and oxygen atoms in total. The van der Waals surface area contributed by atoms with Crippen LogP contribution in [0.25, 0.3) is 10.4 Å². The normalized spacial score (nSPS) is 10.4. The Balaban J connectivity index is 1.48. The third-order valence-corrected chi connectivity index (χ3v) is 5.21. The van der Waals surface area contributed by atoms with Crippen molar-refractivity contribution in [3.63, 3.8) is 0 Å². The fourth-order valence-corrected chi connectivity index (χ4v) is 3.44. The van der Waals surface area contributed by atoms with Crippen LogP contribution in [0.15, 0.2) is 60.7 Å². The minimum absolute atomic E-state index is 0.248. The maximum absolute atomic E-state index is 13.0. The van der Waals surface area contributed by atoms with Crippen molar-refractivity contribution in [1.82, 2.24) is 10.9 Å². The van der Waals surface area contributed by atoms with Gasteiger partial charge in [0.15, 0.2) is 0 Å². The molecule has 0 unspecified atom stereocenters. The fraction of sp³-hybridized carbons (Fsp3) is 0.143. The molecule has 0 spiro atoms. The van der Waals surface area contributed by atoms with Crippen LogP contribution in [0.2, 0.25) is 0 Å². The molecular weight excluding hydrogens is 379 g/mol. The SMILES string of the molecule is COc1ccc(CCC(=O)NNC(=O)c2ccc(-c3ccc(F)cc3)s2)cc1. The van der Waals surface area contributed by atoms with E-state index in [9.17, 15) is 14.0 Å². The van der Waals surface area contributed by atoms with E-state index in [1.165, 1.54) is 23.5 Å². The zero-order chi connectivity index (χ0) is 19.9. The highest BCUT2D eigenvalue weighted by atomic mass is 32.1. The molecule has 2 amide bonds. The van der Waals surface area contributed by atoms with Crippen LogP contribution in [0.5, 0.6) is 5.75 Å². The van der Waals surface area contributed by atoms with E-state index in [0.29, 0.717) is 11.3 Å². The number of rotatable bonds is 6. The van der Waals surface area contributed by atoms with Crippen molar-refractivity contribution in [2.45, 2.75) is 12.8 Å². The van der Waals surface area contributed by atoms with Gasteiger partial charge in [-0.25, -0.2) is 4.39 Å². The van der Waals surface area contributed by atoms with Crippen molar-refractivity contribution in [3.05, 3.63) is 76.9 Å². The maximum Gasteiger partial charge on any atom is 0.279 e. The fourth-order valence-electron chi connectivity index (χ4n) is 2.53. The molecule has 2 aromatic carbocycles. The molecule has 28 heavy (non-hydrogen) atoms. The van der Waals surface area contributed by atoms with Crippen LogP contribution in [0.4, 0.5) is 4.39 Å². The summed E-state index contributed by atoms with van der Waals surface area (Å²) >= 11 is 1.27. The van der Waals surface area contributed by atoms with Gasteiger partial charge in [-0.1, -0.05) is 24.3 Å².